The summed E-state index contributed by atoms with van der Waals surface area (Å²) in [6, 6.07) is 1.69. The Morgan fingerprint density at radius 1 is 1.19 bits per heavy atom. The third kappa shape index (κ3) is 3.00. The molecule has 3 aromatic heterocycles. The molecule has 26 heavy (non-hydrogen) atoms. The number of pyridine rings is 1. The highest BCUT2D eigenvalue weighted by Gasteiger charge is 2.33. The second kappa shape index (κ2) is 6.07. The van der Waals surface area contributed by atoms with Gasteiger partial charge in [0.2, 0.25) is 5.89 Å². The SMILES string of the molecule is CC(C)c1noc(Cn2c(=O)c3ccc(C(F)(F)F)nc3n(C)c2=O)n1. The van der Waals surface area contributed by atoms with Crippen molar-refractivity contribution in [1.29, 1.82) is 0 Å². The van der Waals surface area contributed by atoms with Gasteiger partial charge in [-0.15, -0.1) is 0 Å². The van der Waals surface area contributed by atoms with Gasteiger partial charge in [-0.3, -0.25) is 13.9 Å². The van der Waals surface area contributed by atoms with Crippen molar-refractivity contribution in [2.45, 2.75) is 32.5 Å². The maximum Gasteiger partial charge on any atom is 0.433 e. The van der Waals surface area contributed by atoms with Crippen molar-refractivity contribution in [2.75, 3.05) is 0 Å². The molecule has 0 aliphatic rings. The van der Waals surface area contributed by atoms with E-state index < -0.39 is 23.1 Å². The third-order valence-corrected chi connectivity index (χ3v) is 3.77. The van der Waals surface area contributed by atoms with Crippen LogP contribution in [0.1, 0.15) is 37.2 Å². The van der Waals surface area contributed by atoms with Crippen LogP contribution in [-0.2, 0) is 19.8 Å². The largest absolute Gasteiger partial charge is 0.433 e. The first-order valence-corrected chi connectivity index (χ1v) is 7.60. The first-order valence-electron chi connectivity index (χ1n) is 7.60. The molecule has 0 bridgehead atoms. The van der Waals surface area contributed by atoms with Gasteiger partial charge in [0, 0.05) is 13.0 Å². The third-order valence-electron chi connectivity index (χ3n) is 3.77. The van der Waals surface area contributed by atoms with Gasteiger partial charge in [0.1, 0.15) is 17.9 Å². The average molecular weight is 369 g/mol. The predicted molar refractivity (Wildman–Crippen MR) is 83.7 cm³/mol. The van der Waals surface area contributed by atoms with Gasteiger partial charge in [-0.1, -0.05) is 19.0 Å². The van der Waals surface area contributed by atoms with E-state index in [0.29, 0.717) is 11.9 Å². The van der Waals surface area contributed by atoms with Gasteiger partial charge in [-0.25, -0.2) is 9.78 Å². The van der Waals surface area contributed by atoms with Crippen LogP contribution in [0.5, 0.6) is 0 Å². The topological polar surface area (TPSA) is 95.8 Å². The maximum atomic E-state index is 12.8. The Bertz CT molecular complexity index is 1090. The van der Waals surface area contributed by atoms with Crippen molar-refractivity contribution in [2.24, 2.45) is 7.05 Å². The molecule has 0 aromatic carbocycles. The van der Waals surface area contributed by atoms with Gasteiger partial charge >= 0.3 is 11.9 Å². The van der Waals surface area contributed by atoms with Crippen LogP contribution in [0.3, 0.4) is 0 Å². The lowest BCUT2D eigenvalue weighted by atomic mass is 10.2. The van der Waals surface area contributed by atoms with Gasteiger partial charge in [0.25, 0.3) is 5.56 Å². The van der Waals surface area contributed by atoms with Gasteiger partial charge in [0.15, 0.2) is 5.82 Å². The summed E-state index contributed by atoms with van der Waals surface area (Å²) >= 11 is 0. The lowest BCUT2D eigenvalue weighted by molar-refractivity contribution is -0.141. The van der Waals surface area contributed by atoms with Crippen LogP contribution in [0.15, 0.2) is 26.2 Å². The number of halogens is 3. The van der Waals surface area contributed by atoms with E-state index in [1.54, 1.807) is 0 Å². The van der Waals surface area contributed by atoms with Crippen LogP contribution in [-0.4, -0.2) is 24.3 Å². The number of hydrogen-bond acceptors (Lipinski definition) is 6. The average Bonchev–Trinajstić information content (AvgIpc) is 3.04. The molecule has 0 saturated heterocycles. The Labute approximate surface area is 143 Å². The molecule has 3 heterocycles. The lowest BCUT2D eigenvalue weighted by Gasteiger charge is -2.11. The highest BCUT2D eigenvalue weighted by Crippen LogP contribution is 2.28. The highest BCUT2D eigenvalue weighted by atomic mass is 19.4. The molecule has 0 amide bonds. The van der Waals surface area contributed by atoms with Crippen LogP contribution in [0.4, 0.5) is 13.2 Å². The summed E-state index contributed by atoms with van der Waals surface area (Å²) in [5, 5.41) is 3.63. The zero-order valence-corrected chi connectivity index (χ0v) is 14.0. The molecule has 0 unspecified atom stereocenters. The first kappa shape index (κ1) is 17.8. The summed E-state index contributed by atoms with van der Waals surface area (Å²) in [6.45, 7) is 3.40. The van der Waals surface area contributed by atoms with Crippen LogP contribution >= 0.6 is 0 Å². The Balaban J connectivity index is 2.15. The van der Waals surface area contributed by atoms with Crippen molar-refractivity contribution in [3.8, 4) is 0 Å². The van der Waals surface area contributed by atoms with Crippen LogP contribution in [0.25, 0.3) is 11.0 Å². The number of fused-ring (bicyclic) bond motifs is 1. The molecule has 3 aromatic rings. The summed E-state index contributed by atoms with van der Waals surface area (Å²) in [7, 11) is 1.24. The molecule has 0 aliphatic carbocycles. The fraction of sp³-hybridized carbons (Fsp3) is 0.400. The van der Waals surface area contributed by atoms with Crippen molar-refractivity contribution in [3.63, 3.8) is 0 Å². The highest BCUT2D eigenvalue weighted by molar-refractivity contribution is 5.74. The minimum atomic E-state index is -4.68. The van der Waals surface area contributed by atoms with Crippen molar-refractivity contribution >= 4 is 11.0 Å². The van der Waals surface area contributed by atoms with E-state index in [0.717, 1.165) is 15.2 Å². The molecule has 0 spiro atoms. The van der Waals surface area contributed by atoms with E-state index in [9.17, 15) is 22.8 Å². The molecular weight excluding hydrogens is 355 g/mol. The summed E-state index contributed by atoms with van der Waals surface area (Å²) in [5.74, 6) is 0.461. The van der Waals surface area contributed by atoms with Gasteiger partial charge in [0.05, 0.1) is 5.39 Å². The minimum absolute atomic E-state index is 0.00588. The number of alkyl halides is 3. The molecule has 8 nitrogen and oxygen atoms in total. The van der Waals surface area contributed by atoms with E-state index in [1.807, 2.05) is 13.8 Å². The molecule has 0 fully saturated rings. The second-order valence-electron chi connectivity index (χ2n) is 6.00. The normalized spacial score (nSPS) is 12.3. The van der Waals surface area contributed by atoms with E-state index >= 15 is 0 Å². The van der Waals surface area contributed by atoms with Crippen molar-refractivity contribution in [3.05, 3.63) is 50.4 Å². The van der Waals surface area contributed by atoms with Crippen LogP contribution in [0.2, 0.25) is 0 Å². The monoisotopic (exact) mass is 369 g/mol. The molecule has 0 N–H and O–H groups in total. The zero-order valence-electron chi connectivity index (χ0n) is 14.0. The van der Waals surface area contributed by atoms with E-state index in [1.165, 1.54) is 7.05 Å². The van der Waals surface area contributed by atoms with Crippen molar-refractivity contribution in [1.82, 2.24) is 24.3 Å². The fourth-order valence-corrected chi connectivity index (χ4v) is 2.37. The molecule has 0 radical (unpaired) electrons. The summed E-state index contributed by atoms with van der Waals surface area (Å²) in [6.07, 6.45) is -4.68. The fourth-order valence-electron chi connectivity index (χ4n) is 2.37. The molecule has 11 heteroatoms. The van der Waals surface area contributed by atoms with E-state index in [-0.39, 0.29) is 29.4 Å². The Morgan fingerprint density at radius 2 is 1.88 bits per heavy atom. The predicted octanol–water partition coefficient (Wildman–Crippen LogP) is 1.67. The Kier molecular flexibility index (Phi) is 4.17. The molecule has 0 aliphatic heterocycles. The first-order chi connectivity index (χ1) is 12.1. The Morgan fingerprint density at radius 3 is 2.46 bits per heavy atom. The van der Waals surface area contributed by atoms with Gasteiger partial charge in [-0.2, -0.15) is 18.2 Å². The summed E-state index contributed by atoms with van der Waals surface area (Å²) < 4.78 is 45.2. The van der Waals surface area contributed by atoms with Crippen molar-refractivity contribution < 1.29 is 17.7 Å². The van der Waals surface area contributed by atoms with Gasteiger partial charge in [-0.05, 0) is 12.1 Å². The number of aromatic nitrogens is 5. The van der Waals surface area contributed by atoms with E-state index in [2.05, 4.69) is 15.1 Å². The smallest absolute Gasteiger partial charge is 0.337 e. The van der Waals surface area contributed by atoms with Crippen LogP contribution in [0, 0.1) is 0 Å². The summed E-state index contributed by atoms with van der Waals surface area (Å²) in [5.41, 5.74) is -3.15. The maximum absolute atomic E-state index is 12.8. The minimum Gasteiger partial charge on any atom is -0.337 e. The molecule has 138 valence electrons. The quantitative estimate of drug-likeness (QED) is 0.697. The zero-order chi connectivity index (χ0) is 19.2. The number of nitrogens with zero attached hydrogens (tertiary/aromatic N) is 5. The Hall–Kier alpha value is -2.98. The second-order valence-corrected chi connectivity index (χ2v) is 6.00. The number of hydrogen-bond donors (Lipinski definition) is 0. The molecule has 3 rings (SSSR count). The molecular formula is C15H14F3N5O3. The summed E-state index contributed by atoms with van der Waals surface area (Å²) in [4.78, 5) is 32.5. The number of rotatable bonds is 3. The number of aryl methyl sites for hydroxylation is 1. The van der Waals surface area contributed by atoms with E-state index in [4.69, 9.17) is 4.52 Å². The van der Waals surface area contributed by atoms with Crippen LogP contribution < -0.4 is 11.2 Å². The lowest BCUT2D eigenvalue weighted by Crippen LogP contribution is -2.40. The van der Waals surface area contributed by atoms with Gasteiger partial charge < -0.3 is 4.52 Å². The molecule has 0 atom stereocenters. The molecule has 0 saturated carbocycles. The standard InChI is InChI=1S/C15H14F3N5O3/c1-7(2)11-20-10(26-21-11)6-23-13(24)8-4-5-9(15(16,17)18)19-12(8)22(3)14(23)25/h4-5,7H,6H2,1-3H3.